The molecule has 2 aromatic rings. The van der Waals surface area contributed by atoms with Crippen LogP contribution in [0.2, 0.25) is 0 Å². The molecule has 30 heavy (non-hydrogen) atoms. The van der Waals surface area contributed by atoms with Crippen LogP contribution in [0.15, 0.2) is 48.5 Å². The number of hydrogen-bond donors (Lipinski definition) is 0. The van der Waals surface area contributed by atoms with E-state index in [1.807, 2.05) is 0 Å². The summed E-state index contributed by atoms with van der Waals surface area (Å²) in [7, 11) is 0. The summed E-state index contributed by atoms with van der Waals surface area (Å²) in [4.78, 5) is 5.27. The molecule has 0 heterocycles. The molecule has 0 amide bonds. The van der Waals surface area contributed by atoms with Crippen molar-refractivity contribution >= 4 is 0 Å². The van der Waals surface area contributed by atoms with Crippen molar-refractivity contribution in [3.63, 3.8) is 0 Å². The largest absolute Gasteiger partial charge is 0.299 e. The molecule has 0 aliphatic heterocycles. The molecule has 2 aromatic carbocycles. The average molecular weight is 409 g/mol. The van der Waals surface area contributed by atoms with Gasteiger partial charge in [-0.1, -0.05) is 89.1 Å². The Morgan fingerprint density at radius 1 is 0.500 bits per heavy atom. The highest BCUT2D eigenvalue weighted by Crippen LogP contribution is 2.29. The zero-order valence-electron chi connectivity index (χ0n) is 20.0. The lowest BCUT2D eigenvalue weighted by molar-refractivity contribution is 0.261. The summed E-state index contributed by atoms with van der Waals surface area (Å²) in [6.07, 6.45) is 7.51. The van der Waals surface area contributed by atoms with Crippen LogP contribution in [0.1, 0.15) is 77.3 Å². The lowest BCUT2D eigenvalue weighted by Gasteiger charge is -2.25. The maximum absolute atomic E-state index is 2.63. The third-order valence-electron chi connectivity index (χ3n) is 5.85. The Balaban J connectivity index is 2.29. The molecule has 0 spiro atoms. The first-order chi connectivity index (χ1) is 14.7. The number of unbranched alkanes of at least 4 members (excludes halogenated alkanes) is 2. The number of benzene rings is 2. The van der Waals surface area contributed by atoms with E-state index in [1.54, 1.807) is 0 Å². The molecule has 2 heteroatoms. The predicted octanol–water partition coefficient (Wildman–Crippen LogP) is 7.38. The van der Waals surface area contributed by atoms with Crippen LogP contribution in [0.4, 0.5) is 0 Å². The molecule has 0 atom stereocenters. The Bertz CT molecular complexity index is 648. The van der Waals surface area contributed by atoms with Crippen molar-refractivity contribution in [3.8, 4) is 11.1 Å². The highest BCUT2D eigenvalue weighted by atomic mass is 15.1. The van der Waals surface area contributed by atoms with Crippen LogP contribution in [0.5, 0.6) is 0 Å². The minimum absolute atomic E-state index is 1.05. The summed E-state index contributed by atoms with van der Waals surface area (Å²) in [5.74, 6) is 0. The molecular formula is C28H44N2. The van der Waals surface area contributed by atoms with Gasteiger partial charge in [-0.3, -0.25) is 9.80 Å². The molecule has 2 nitrogen and oxygen atoms in total. The van der Waals surface area contributed by atoms with Crippen molar-refractivity contribution in [3.05, 3.63) is 59.7 Å². The molecule has 0 bridgehead atoms. The summed E-state index contributed by atoms with van der Waals surface area (Å²) in [5.41, 5.74) is 5.76. The highest BCUT2D eigenvalue weighted by molar-refractivity contribution is 5.70. The van der Waals surface area contributed by atoms with E-state index in [2.05, 4.69) is 86.0 Å². The first-order valence-corrected chi connectivity index (χ1v) is 12.3. The predicted molar refractivity (Wildman–Crippen MR) is 133 cm³/mol. The monoisotopic (exact) mass is 408 g/mol. The van der Waals surface area contributed by atoms with Gasteiger partial charge in [-0.15, -0.1) is 0 Å². The van der Waals surface area contributed by atoms with Crippen LogP contribution in [0, 0.1) is 0 Å². The lowest BCUT2D eigenvalue weighted by Crippen LogP contribution is -2.26. The molecule has 0 fully saturated rings. The van der Waals surface area contributed by atoms with Gasteiger partial charge >= 0.3 is 0 Å². The minimum Gasteiger partial charge on any atom is -0.299 e. The Morgan fingerprint density at radius 2 is 0.900 bits per heavy atom. The summed E-state index contributed by atoms with van der Waals surface area (Å²) in [6, 6.07) is 18.1. The molecule has 0 aliphatic rings. The summed E-state index contributed by atoms with van der Waals surface area (Å²) in [6.45, 7) is 16.0. The first kappa shape index (κ1) is 24.6. The molecule has 0 aromatic heterocycles. The van der Waals surface area contributed by atoms with Crippen molar-refractivity contribution in [2.75, 3.05) is 26.2 Å². The van der Waals surface area contributed by atoms with Gasteiger partial charge in [0.25, 0.3) is 0 Å². The SMILES string of the molecule is CCCCN(CCC)Cc1ccccc1-c1ccccc1CN(CCC)CCCC. The first-order valence-electron chi connectivity index (χ1n) is 12.3. The Morgan fingerprint density at radius 3 is 1.27 bits per heavy atom. The van der Waals surface area contributed by atoms with E-state index in [1.165, 1.54) is 87.0 Å². The van der Waals surface area contributed by atoms with E-state index in [0.29, 0.717) is 0 Å². The zero-order valence-corrected chi connectivity index (χ0v) is 20.0. The second-order valence-corrected chi connectivity index (χ2v) is 8.57. The number of hydrogen-bond acceptors (Lipinski definition) is 2. The van der Waals surface area contributed by atoms with Gasteiger partial charge in [-0.25, -0.2) is 0 Å². The molecule has 0 unspecified atom stereocenters. The molecular weight excluding hydrogens is 364 g/mol. The van der Waals surface area contributed by atoms with E-state index in [0.717, 1.165) is 13.1 Å². The zero-order chi connectivity index (χ0) is 21.6. The van der Waals surface area contributed by atoms with Gasteiger partial charge < -0.3 is 0 Å². The molecule has 0 radical (unpaired) electrons. The smallest absolute Gasteiger partial charge is 0.0239 e. The average Bonchev–Trinajstić information content (AvgIpc) is 2.77. The topological polar surface area (TPSA) is 6.48 Å². The van der Waals surface area contributed by atoms with E-state index in [4.69, 9.17) is 0 Å². The van der Waals surface area contributed by atoms with Crippen LogP contribution in [-0.4, -0.2) is 36.0 Å². The van der Waals surface area contributed by atoms with Crippen LogP contribution in [0.3, 0.4) is 0 Å². The van der Waals surface area contributed by atoms with Crippen LogP contribution >= 0.6 is 0 Å². The van der Waals surface area contributed by atoms with Gasteiger partial charge in [0.05, 0.1) is 0 Å². The molecule has 2 rings (SSSR count). The fourth-order valence-corrected chi connectivity index (χ4v) is 4.26. The molecule has 0 saturated heterocycles. The number of rotatable bonds is 15. The third kappa shape index (κ3) is 7.89. The Hall–Kier alpha value is -1.64. The summed E-state index contributed by atoms with van der Waals surface area (Å²) >= 11 is 0. The van der Waals surface area contributed by atoms with E-state index in [-0.39, 0.29) is 0 Å². The van der Waals surface area contributed by atoms with Crippen LogP contribution in [-0.2, 0) is 13.1 Å². The molecule has 0 aliphatic carbocycles. The standard InChI is InChI=1S/C28H44N2/c1-5-9-21-29(19-7-3)23-25-15-11-13-17-27(25)28-18-14-12-16-26(28)24-30(20-8-4)22-10-6-2/h11-18H,5-10,19-24H2,1-4H3. The normalized spacial score (nSPS) is 11.5. The molecule has 0 N–H and O–H groups in total. The third-order valence-corrected chi connectivity index (χ3v) is 5.85. The Labute approximate surface area is 186 Å². The molecule has 0 saturated carbocycles. The van der Waals surface area contributed by atoms with Gasteiger partial charge in [0.1, 0.15) is 0 Å². The van der Waals surface area contributed by atoms with Crippen molar-refractivity contribution in [2.24, 2.45) is 0 Å². The van der Waals surface area contributed by atoms with Gasteiger partial charge in [0.2, 0.25) is 0 Å². The van der Waals surface area contributed by atoms with Crippen molar-refractivity contribution in [1.82, 2.24) is 9.80 Å². The van der Waals surface area contributed by atoms with Crippen molar-refractivity contribution in [1.29, 1.82) is 0 Å². The lowest BCUT2D eigenvalue weighted by atomic mass is 9.94. The van der Waals surface area contributed by atoms with Crippen LogP contribution < -0.4 is 0 Å². The van der Waals surface area contributed by atoms with Gasteiger partial charge in [-0.2, -0.15) is 0 Å². The van der Waals surface area contributed by atoms with Crippen molar-refractivity contribution < 1.29 is 0 Å². The van der Waals surface area contributed by atoms with E-state index >= 15 is 0 Å². The van der Waals surface area contributed by atoms with E-state index in [9.17, 15) is 0 Å². The second kappa shape index (κ2) is 14.4. The van der Waals surface area contributed by atoms with Crippen molar-refractivity contribution in [2.45, 2.75) is 79.3 Å². The summed E-state index contributed by atoms with van der Waals surface area (Å²) < 4.78 is 0. The Kier molecular flexibility index (Phi) is 11.8. The maximum atomic E-state index is 2.63. The second-order valence-electron chi connectivity index (χ2n) is 8.57. The van der Waals surface area contributed by atoms with E-state index < -0.39 is 0 Å². The van der Waals surface area contributed by atoms with Crippen LogP contribution in [0.25, 0.3) is 11.1 Å². The fraction of sp³-hybridized carbons (Fsp3) is 0.571. The summed E-state index contributed by atoms with van der Waals surface area (Å²) in [5, 5.41) is 0. The van der Waals surface area contributed by atoms with Gasteiger partial charge in [0.15, 0.2) is 0 Å². The number of nitrogens with zero attached hydrogens (tertiary/aromatic N) is 2. The fourth-order valence-electron chi connectivity index (χ4n) is 4.26. The highest BCUT2D eigenvalue weighted by Gasteiger charge is 2.14. The van der Waals surface area contributed by atoms with Gasteiger partial charge in [-0.05, 0) is 74.1 Å². The molecule has 166 valence electrons. The van der Waals surface area contributed by atoms with Gasteiger partial charge in [0, 0.05) is 13.1 Å². The maximum Gasteiger partial charge on any atom is 0.0239 e. The quantitative estimate of drug-likeness (QED) is 0.303. The minimum atomic E-state index is 1.05.